The molecule has 1 aromatic carbocycles. The topological polar surface area (TPSA) is 91.5 Å². The van der Waals surface area contributed by atoms with Gasteiger partial charge in [-0.15, -0.1) is 11.3 Å². The van der Waals surface area contributed by atoms with Crippen LogP contribution in [-0.2, 0) is 6.54 Å². The van der Waals surface area contributed by atoms with Gasteiger partial charge in [0, 0.05) is 17.1 Å². The van der Waals surface area contributed by atoms with Crippen molar-refractivity contribution in [2.75, 3.05) is 0 Å². The van der Waals surface area contributed by atoms with Gasteiger partial charge in [0.05, 0.1) is 12.2 Å². The lowest BCUT2D eigenvalue weighted by molar-refractivity contribution is 0.714. The van der Waals surface area contributed by atoms with Gasteiger partial charge in [0.1, 0.15) is 16.6 Å². The largest absolute Gasteiger partial charge is 0.328 e. The first-order valence-corrected chi connectivity index (χ1v) is 7.29. The first-order chi connectivity index (χ1) is 10.7. The molecular weight excluding hydrogens is 300 g/mol. The van der Waals surface area contributed by atoms with E-state index in [4.69, 9.17) is 5.26 Å². The molecule has 7 heteroatoms. The summed E-state index contributed by atoms with van der Waals surface area (Å²) in [6, 6.07) is 11.5. The van der Waals surface area contributed by atoms with Gasteiger partial charge < -0.3 is 0 Å². The second-order valence-corrected chi connectivity index (χ2v) is 5.48. The molecule has 0 aliphatic carbocycles. The molecule has 2 aromatic heterocycles. The molecule has 0 atom stereocenters. The second-order valence-electron chi connectivity index (χ2n) is 4.53. The lowest BCUT2D eigenvalue weighted by Gasteiger charge is -2.02. The van der Waals surface area contributed by atoms with Crippen molar-refractivity contribution in [3.05, 3.63) is 73.3 Å². The number of hydrogen-bond acceptors (Lipinski definition) is 5. The number of nitrogens with one attached hydrogen (secondary N) is 1. The summed E-state index contributed by atoms with van der Waals surface area (Å²) in [6.45, 7) is 0.210. The van der Waals surface area contributed by atoms with E-state index in [9.17, 15) is 9.59 Å². The van der Waals surface area contributed by atoms with E-state index in [0.29, 0.717) is 0 Å². The van der Waals surface area contributed by atoms with Crippen LogP contribution in [0, 0.1) is 11.3 Å². The van der Waals surface area contributed by atoms with Crippen molar-refractivity contribution >= 4 is 11.3 Å². The van der Waals surface area contributed by atoms with E-state index in [1.54, 1.807) is 6.07 Å². The molecule has 3 rings (SSSR count). The minimum absolute atomic E-state index is 0.0977. The van der Waals surface area contributed by atoms with Crippen LogP contribution in [-0.4, -0.2) is 14.5 Å². The first-order valence-electron chi connectivity index (χ1n) is 6.41. The van der Waals surface area contributed by atoms with Gasteiger partial charge in [0.25, 0.3) is 5.56 Å². The molecule has 0 unspecified atom stereocenters. The molecule has 3 aromatic rings. The monoisotopic (exact) mass is 310 g/mol. The van der Waals surface area contributed by atoms with Crippen LogP contribution in [0.15, 0.2) is 51.5 Å². The Bertz CT molecular complexity index is 963. The van der Waals surface area contributed by atoms with Gasteiger partial charge >= 0.3 is 5.69 Å². The van der Waals surface area contributed by atoms with E-state index < -0.39 is 11.2 Å². The molecule has 0 bridgehead atoms. The summed E-state index contributed by atoms with van der Waals surface area (Å²) < 4.78 is 1.27. The van der Waals surface area contributed by atoms with Crippen molar-refractivity contribution in [2.45, 2.75) is 6.54 Å². The van der Waals surface area contributed by atoms with E-state index in [1.165, 1.54) is 22.1 Å². The van der Waals surface area contributed by atoms with Crippen LogP contribution >= 0.6 is 11.3 Å². The molecule has 108 valence electrons. The Hall–Kier alpha value is -2.98. The Morgan fingerprint density at radius 3 is 2.77 bits per heavy atom. The molecule has 0 saturated carbocycles. The van der Waals surface area contributed by atoms with Crippen molar-refractivity contribution in [2.24, 2.45) is 0 Å². The molecule has 0 aliphatic heterocycles. The van der Waals surface area contributed by atoms with Gasteiger partial charge in [0.15, 0.2) is 0 Å². The van der Waals surface area contributed by atoms with Crippen molar-refractivity contribution in [1.82, 2.24) is 14.5 Å². The van der Waals surface area contributed by atoms with E-state index in [2.05, 4.69) is 9.97 Å². The molecule has 0 fully saturated rings. The van der Waals surface area contributed by atoms with Gasteiger partial charge in [-0.2, -0.15) is 5.26 Å². The second kappa shape index (κ2) is 5.79. The molecule has 0 aliphatic rings. The number of benzene rings is 1. The smallest absolute Gasteiger partial charge is 0.292 e. The molecule has 2 heterocycles. The third-order valence-corrected chi connectivity index (χ3v) is 3.89. The molecule has 6 nitrogen and oxygen atoms in total. The zero-order valence-corrected chi connectivity index (χ0v) is 12.1. The fraction of sp³-hybridized carbons (Fsp3) is 0.0667. The van der Waals surface area contributed by atoms with Crippen LogP contribution < -0.4 is 11.2 Å². The molecule has 1 N–H and O–H groups in total. The summed E-state index contributed by atoms with van der Waals surface area (Å²) in [4.78, 5) is 29.7. The fourth-order valence-electron chi connectivity index (χ4n) is 1.98. The zero-order valence-electron chi connectivity index (χ0n) is 11.3. The van der Waals surface area contributed by atoms with E-state index >= 15 is 0 Å². The van der Waals surface area contributed by atoms with Crippen molar-refractivity contribution in [1.29, 1.82) is 5.26 Å². The fourth-order valence-corrected chi connectivity index (χ4v) is 2.78. The normalized spacial score (nSPS) is 10.3. The van der Waals surface area contributed by atoms with Gasteiger partial charge in [-0.1, -0.05) is 30.3 Å². The summed E-state index contributed by atoms with van der Waals surface area (Å²) in [5.74, 6) is 0. The molecule has 0 saturated heterocycles. The van der Waals surface area contributed by atoms with Crippen LogP contribution in [0.1, 0.15) is 10.6 Å². The number of nitrogens with zero attached hydrogens (tertiary/aromatic N) is 3. The summed E-state index contributed by atoms with van der Waals surface area (Å²) >= 11 is 1.42. The van der Waals surface area contributed by atoms with Gasteiger partial charge in [-0.05, 0) is 0 Å². The summed E-state index contributed by atoms with van der Waals surface area (Å²) in [7, 11) is 0. The summed E-state index contributed by atoms with van der Waals surface area (Å²) in [6.07, 6.45) is 1.25. The minimum Gasteiger partial charge on any atom is -0.292 e. The van der Waals surface area contributed by atoms with Crippen LogP contribution in [0.3, 0.4) is 0 Å². The van der Waals surface area contributed by atoms with Gasteiger partial charge in [-0.3, -0.25) is 14.3 Å². The van der Waals surface area contributed by atoms with E-state index in [-0.39, 0.29) is 12.1 Å². The summed E-state index contributed by atoms with van der Waals surface area (Å²) in [5, 5.41) is 11.5. The predicted molar refractivity (Wildman–Crippen MR) is 82.7 cm³/mol. The average Bonchev–Trinajstić information content (AvgIpc) is 2.99. The van der Waals surface area contributed by atoms with Crippen LogP contribution in [0.5, 0.6) is 0 Å². The average molecular weight is 310 g/mol. The highest BCUT2D eigenvalue weighted by atomic mass is 32.1. The highest BCUT2D eigenvalue weighted by molar-refractivity contribution is 7.09. The lowest BCUT2D eigenvalue weighted by atomic mass is 10.2. The number of nitriles is 1. The molecule has 0 amide bonds. The van der Waals surface area contributed by atoms with E-state index in [0.717, 1.165) is 16.3 Å². The molecule has 0 spiro atoms. The number of aromatic amines is 1. The first kappa shape index (κ1) is 14.0. The number of rotatable bonds is 3. The third kappa shape index (κ3) is 2.73. The highest BCUT2D eigenvalue weighted by Gasteiger charge is 2.08. The highest BCUT2D eigenvalue weighted by Crippen LogP contribution is 2.21. The number of aromatic nitrogens is 3. The zero-order chi connectivity index (χ0) is 15.5. The third-order valence-electron chi connectivity index (χ3n) is 3.06. The maximum Gasteiger partial charge on any atom is 0.328 e. The Morgan fingerprint density at radius 2 is 2.05 bits per heavy atom. The maximum absolute atomic E-state index is 11.8. The van der Waals surface area contributed by atoms with Crippen molar-refractivity contribution in [3.8, 4) is 17.3 Å². The molecule has 0 radical (unpaired) electrons. The number of hydrogen-bond donors (Lipinski definition) is 1. The van der Waals surface area contributed by atoms with Crippen LogP contribution in [0.25, 0.3) is 11.3 Å². The lowest BCUT2D eigenvalue weighted by Crippen LogP contribution is -2.31. The van der Waals surface area contributed by atoms with E-state index in [1.807, 2.05) is 35.7 Å². The van der Waals surface area contributed by atoms with Crippen LogP contribution in [0.2, 0.25) is 0 Å². The molecule has 22 heavy (non-hydrogen) atoms. The Morgan fingerprint density at radius 1 is 1.27 bits per heavy atom. The number of H-pyrrole nitrogens is 1. The van der Waals surface area contributed by atoms with Crippen molar-refractivity contribution in [3.63, 3.8) is 0 Å². The van der Waals surface area contributed by atoms with Gasteiger partial charge in [0.2, 0.25) is 0 Å². The summed E-state index contributed by atoms with van der Waals surface area (Å²) in [5.41, 5.74) is 0.503. The standard InChI is InChI=1S/C15H10N4O2S/c16-6-11-7-19(15(21)18-14(11)20)8-13-17-12(9-22-13)10-4-2-1-3-5-10/h1-5,7,9H,8H2,(H,18,20,21). The SMILES string of the molecule is N#Cc1cn(Cc2nc(-c3ccccc3)cs2)c(=O)[nH]c1=O. The quantitative estimate of drug-likeness (QED) is 0.795. The predicted octanol–water partition coefficient (Wildman–Crippen LogP) is 1.58. The minimum atomic E-state index is -0.673. The maximum atomic E-state index is 11.8. The Balaban J connectivity index is 1.92. The Kier molecular flexibility index (Phi) is 3.68. The van der Waals surface area contributed by atoms with Gasteiger partial charge in [-0.25, -0.2) is 9.78 Å². The molecular formula is C15H10N4O2S. The van der Waals surface area contributed by atoms with Crippen LogP contribution in [0.4, 0.5) is 0 Å². The van der Waals surface area contributed by atoms with Crippen molar-refractivity contribution < 1.29 is 0 Å². The number of thiazole rings is 1. The Labute approximate surface area is 129 Å².